The van der Waals surface area contributed by atoms with Crippen LogP contribution in [0, 0.1) is 0 Å². The van der Waals surface area contributed by atoms with Crippen LogP contribution in [0.4, 0.5) is 5.82 Å². The number of carbonyl (C=O) groups is 1. The van der Waals surface area contributed by atoms with Crippen molar-refractivity contribution in [2.45, 2.75) is 0 Å². The van der Waals surface area contributed by atoms with E-state index >= 15 is 0 Å². The number of hydrogen-bond acceptors (Lipinski definition) is 3. The van der Waals surface area contributed by atoms with Gasteiger partial charge in [-0.05, 0) is 24.3 Å². The standard InChI is InChI=1S/C10H9ClN4O/c11-6-1-3-7(4-2-6)15-9(12)5-8(14-15)10(13)16/h1-5H,12H2,(H2,13,16). The maximum absolute atomic E-state index is 10.9. The average Bonchev–Trinajstić information content (AvgIpc) is 2.62. The van der Waals surface area contributed by atoms with Gasteiger partial charge in [-0.2, -0.15) is 5.10 Å². The topological polar surface area (TPSA) is 86.9 Å². The minimum absolute atomic E-state index is 0.132. The lowest BCUT2D eigenvalue weighted by atomic mass is 10.3. The zero-order valence-corrected chi connectivity index (χ0v) is 8.98. The van der Waals surface area contributed by atoms with Crippen molar-refractivity contribution in [2.24, 2.45) is 5.73 Å². The van der Waals surface area contributed by atoms with E-state index in [0.29, 0.717) is 10.8 Å². The summed E-state index contributed by atoms with van der Waals surface area (Å²) in [5, 5.41) is 4.60. The third-order valence-electron chi connectivity index (χ3n) is 2.06. The molecule has 1 heterocycles. The molecule has 0 aliphatic heterocycles. The Balaban J connectivity index is 2.47. The second kappa shape index (κ2) is 3.86. The molecule has 2 aromatic rings. The van der Waals surface area contributed by atoms with Crippen LogP contribution >= 0.6 is 11.6 Å². The Kier molecular flexibility index (Phi) is 2.54. The molecule has 0 saturated carbocycles. The Morgan fingerprint density at radius 1 is 1.31 bits per heavy atom. The maximum Gasteiger partial charge on any atom is 0.269 e. The van der Waals surface area contributed by atoms with E-state index < -0.39 is 5.91 Å². The molecule has 0 fully saturated rings. The molecular weight excluding hydrogens is 228 g/mol. The number of hydrogen-bond donors (Lipinski definition) is 2. The SMILES string of the molecule is NC(=O)c1cc(N)n(-c2ccc(Cl)cc2)n1. The highest BCUT2D eigenvalue weighted by Crippen LogP contribution is 2.16. The molecule has 6 heteroatoms. The van der Waals surface area contributed by atoms with Crippen molar-refractivity contribution in [3.05, 3.63) is 41.0 Å². The van der Waals surface area contributed by atoms with Crippen molar-refractivity contribution in [2.75, 3.05) is 5.73 Å². The second-order valence-electron chi connectivity index (χ2n) is 3.21. The molecule has 0 aliphatic carbocycles. The number of rotatable bonds is 2. The predicted molar refractivity (Wildman–Crippen MR) is 61.5 cm³/mol. The van der Waals surface area contributed by atoms with E-state index in [4.69, 9.17) is 23.1 Å². The number of aromatic nitrogens is 2. The fraction of sp³-hybridized carbons (Fsp3) is 0. The Labute approximate surface area is 96.6 Å². The molecule has 1 aromatic carbocycles. The summed E-state index contributed by atoms with van der Waals surface area (Å²) in [6, 6.07) is 8.34. The van der Waals surface area contributed by atoms with Gasteiger partial charge in [-0.25, -0.2) is 4.68 Å². The number of primary amides is 1. The largest absolute Gasteiger partial charge is 0.384 e. The molecule has 2 rings (SSSR count). The van der Waals surface area contributed by atoms with Crippen LogP contribution in [0.5, 0.6) is 0 Å². The van der Waals surface area contributed by atoms with E-state index in [9.17, 15) is 4.79 Å². The zero-order valence-electron chi connectivity index (χ0n) is 8.22. The minimum atomic E-state index is -0.612. The fourth-order valence-corrected chi connectivity index (χ4v) is 1.43. The summed E-state index contributed by atoms with van der Waals surface area (Å²) in [5.41, 5.74) is 11.7. The van der Waals surface area contributed by atoms with Gasteiger partial charge in [0.15, 0.2) is 5.69 Å². The van der Waals surface area contributed by atoms with Gasteiger partial charge in [0.25, 0.3) is 5.91 Å². The summed E-state index contributed by atoms with van der Waals surface area (Å²) in [5.74, 6) is -0.268. The molecule has 16 heavy (non-hydrogen) atoms. The zero-order chi connectivity index (χ0) is 11.7. The van der Waals surface area contributed by atoms with Gasteiger partial charge in [0.1, 0.15) is 5.82 Å². The van der Waals surface area contributed by atoms with Gasteiger partial charge < -0.3 is 11.5 Å². The molecule has 4 N–H and O–H groups in total. The molecular formula is C10H9ClN4O. The summed E-state index contributed by atoms with van der Waals surface area (Å²) in [7, 11) is 0. The third-order valence-corrected chi connectivity index (χ3v) is 2.31. The van der Waals surface area contributed by atoms with Crippen molar-refractivity contribution in [1.82, 2.24) is 9.78 Å². The van der Waals surface area contributed by atoms with Gasteiger partial charge in [-0.15, -0.1) is 0 Å². The number of nitrogens with two attached hydrogens (primary N) is 2. The summed E-state index contributed by atoms with van der Waals surface area (Å²) in [6.07, 6.45) is 0. The minimum Gasteiger partial charge on any atom is -0.384 e. The third kappa shape index (κ3) is 1.85. The Morgan fingerprint density at radius 2 is 1.94 bits per heavy atom. The van der Waals surface area contributed by atoms with Crippen molar-refractivity contribution in [3.63, 3.8) is 0 Å². The van der Waals surface area contributed by atoms with Crippen LogP contribution in [0.15, 0.2) is 30.3 Å². The number of amides is 1. The molecule has 0 unspecified atom stereocenters. The van der Waals surface area contributed by atoms with Crippen molar-refractivity contribution in [3.8, 4) is 5.69 Å². The van der Waals surface area contributed by atoms with E-state index in [2.05, 4.69) is 5.10 Å². The van der Waals surface area contributed by atoms with Crippen LogP contribution in [-0.2, 0) is 0 Å². The van der Waals surface area contributed by atoms with Crippen molar-refractivity contribution < 1.29 is 4.79 Å². The van der Waals surface area contributed by atoms with Gasteiger partial charge >= 0.3 is 0 Å². The summed E-state index contributed by atoms with van der Waals surface area (Å²) >= 11 is 5.76. The van der Waals surface area contributed by atoms with E-state index in [-0.39, 0.29) is 5.69 Å². The molecule has 1 aromatic heterocycles. The normalized spacial score (nSPS) is 10.3. The Bertz CT molecular complexity index is 532. The van der Waals surface area contributed by atoms with E-state index in [1.807, 2.05) is 0 Å². The molecule has 0 radical (unpaired) electrons. The highest BCUT2D eigenvalue weighted by molar-refractivity contribution is 6.30. The van der Waals surface area contributed by atoms with Crippen LogP contribution in [0.2, 0.25) is 5.02 Å². The van der Waals surface area contributed by atoms with Gasteiger partial charge in [-0.1, -0.05) is 11.6 Å². The average molecular weight is 237 g/mol. The molecule has 0 aliphatic rings. The molecule has 1 amide bonds. The van der Waals surface area contributed by atoms with Crippen LogP contribution in [0.1, 0.15) is 10.5 Å². The number of nitrogens with zero attached hydrogens (tertiary/aromatic N) is 2. The fourth-order valence-electron chi connectivity index (χ4n) is 1.31. The van der Waals surface area contributed by atoms with E-state index in [1.54, 1.807) is 24.3 Å². The van der Waals surface area contributed by atoms with E-state index in [0.717, 1.165) is 5.69 Å². The monoisotopic (exact) mass is 236 g/mol. The molecule has 0 saturated heterocycles. The first-order valence-corrected chi connectivity index (χ1v) is 4.87. The number of halogens is 1. The van der Waals surface area contributed by atoms with Gasteiger partial charge in [-0.3, -0.25) is 4.79 Å². The van der Waals surface area contributed by atoms with Crippen molar-refractivity contribution >= 4 is 23.3 Å². The first-order valence-electron chi connectivity index (χ1n) is 4.49. The van der Waals surface area contributed by atoms with Crippen LogP contribution in [0.25, 0.3) is 5.69 Å². The van der Waals surface area contributed by atoms with Crippen LogP contribution in [-0.4, -0.2) is 15.7 Å². The number of nitrogen functional groups attached to an aromatic ring is 1. The van der Waals surface area contributed by atoms with Crippen LogP contribution in [0.3, 0.4) is 0 Å². The first kappa shape index (κ1) is 10.5. The highest BCUT2D eigenvalue weighted by Gasteiger charge is 2.10. The molecule has 0 atom stereocenters. The Morgan fingerprint density at radius 3 is 2.44 bits per heavy atom. The molecule has 82 valence electrons. The Hall–Kier alpha value is -2.01. The smallest absolute Gasteiger partial charge is 0.269 e. The predicted octanol–water partition coefficient (Wildman–Crippen LogP) is 1.21. The second-order valence-corrected chi connectivity index (χ2v) is 3.64. The lowest BCUT2D eigenvalue weighted by Crippen LogP contribution is -2.12. The van der Waals surface area contributed by atoms with Crippen LogP contribution < -0.4 is 11.5 Å². The lowest BCUT2D eigenvalue weighted by Gasteiger charge is -2.02. The van der Waals surface area contributed by atoms with Gasteiger partial charge in [0.05, 0.1) is 5.69 Å². The summed E-state index contributed by atoms with van der Waals surface area (Å²) < 4.78 is 1.43. The lowest BCUT2D eigenvalue weighted by molar-refractivity contribution is 0.0995. The van der Waals surface area contributed by atoms with E-state index in [1.165, 1.54) is 10.7 Å². The quantitative estimate of drug-likeness (QED) is 0.822. The summed E-state index contributed by atoms with van der Waals surface area (Å²) in [4.78, 5) is 10.9. The first-order chi connectivity index (χ1) is 7.58. The van der Waals surface area contributed by atoms with Gasteiger partial charge in [0.2, 0.25) is 0 Å². The maximum atomic E-state index is 10.9. The number of anilines is 1. The molecule has 0 spiro atoms. The number of benzene rings is 1. The number of carbonyl (C=O) groups excluding carboxylic acids is 1. The highest BCUT2D eigenvalue weighted by atomic mass is 35.5. The van der Waals surface area contributed by atoms with Gasteiger partial charge in [0, 0.05) is 11.1 Å². The summed E-state index contributed by atoms with van der Waals surface area (Å²) in [6.45, 7) is 0. The molecule has 0 bridgehead atoms. The van der Waals surface area contributed by atoms with Crippen molar-refractivity contribution in [1.29, 1.82) is 0 Å². The molecule has 5 nitrogen and oxygen atoms in total.